The number of nitrogens with zero attached hydrogens (tertiary/aromatic N) is 2. The van der Waals surface area contributed by atoms with Crippen molar-refractivity contribution >= 4 is 5.69 Å². The van der Waals surface area contributed by atoms with E-state index in [-0.39, 0.29) is 5.54 Å². The zero-order valence-corrected chi connectivity index (χ0v) is 11.5. The second-order valence-corrected chi connectivity index (χ2v) is 5.61. The maximum Gasteiger partial charge on any atom is 0.416 e. The van der Waals surface area contributed by atoms with E-state index in [1.807, 2.05) is 20.8 Å². The molecule has 0 saturated carbocycles. The van der Waals surface area contributed by atoms with Gasteiger partial charge in [-0.2, -0.15) is 18.3 Å². The van der Waals surface area contributed by atoms with Crippen LogP contribution in [-0.2, 0) is 11.7 Å². The summed E-state index contributed by atoms with van der Waals surface area (Å²) in [7, 11) is 0. The molecule has 0 aliphatic carbocycles. The first-order valence-electron chi connectivity index (χ1n) is 6.12. The highest BCUT2D eigenvalue weighted by Crippen LogP contribution is 2.35. The van der Waals surface area contributed by atoms with Gasteiger partial charge in [-0.25, -0.2) is 0 Å². The van der Waals surface area contributed by atoms with Crippen LogP contribution in [0.4, 0.5) is 18.9 Å². The van der Waals surface area contributed by atoms with Gasteiger partial charge in [-0.05, 0) is 32.9 Å². The molecule has 2 N–H and O–H groups in total. The van der Waals surface area contributed by atoms with E-state index in [1.54, 1.807) is 10.7 Å². The van der Waals surface area contributed by atoms with Gasteiger partial charge >= 0.3 is 6.18 Å². The van der Waals surface area contributed by atoms with Crippen LogP contribution in [0, 0.1) is 0 Å². The molecule has 2 rings (SSSR count). The molecular formula is C14H16F3N3. The second kappa shape index (κ2) is 4.54. The van der Waals surface area contributed by atoms with Gasteiger partial charge in [-0.1, -0.05) is 12.1 Å². The number of hydrogen-bond acceptors (Lipinski definition) is 2. The summed E-state index contributed by atoms with van der Waals surface area (Å²) in [5.74, 6) is 0. The Morgan fingerprint density at radius 1 is 1.15 bits per heavy atom. The third kappa shape index (κ3) is 2.64. The van der Waals surface area contributed by atoms with Crippen LogP contribution in [0.15, 0.2) is 30.5 Å². The Kier molecular flexibility index (Phi) is 3.28. The molecule has 0 atom stereocenters. The number of rotatable bonds is 1. The third-order valence-electron chi connectivity index (χ3n) is 2.90. The van der Waals surface area contributed by atoms with Gasteiger partial charge < -0.3 is 5.73 Å². The Balaban J connectivity index is 2.61. The molecule has 1 aromatic heterocycles. The summed E-state index contributed by atoms with van der Waals surface area (Å²) in [4.78, 5) is 0. The fraction of sp³-hybridized carbons (Fsp3) is 0.357. The zero-order chi connectivity index (χ0) is 15.1. The fourth-order valence-electron chi connectivity index (χ4n) is 2.00. The highest BCUT2D eigenvalue weighted by atomic mass is 19.4. The highest BCUT2D eigenvalue weighted by Gasteiger charge is 2.31. The van der Waals surface area contributed by atoms with E-state index in [9.17, 15) is 13.2 Å². The van der Waals surface area contributed by atoms with Crippen LogP contribution >= 0.6 is 0 Å². The number of benzene rings is 1. The number of aromatic nitrogens is 2. The second-order valence-electron chi connectivity index (χ2n) is 5.61. The number of nitrogens with two attached hydrogens (primary N) is 1. The van der Waals surface area contributed by atoms with E-state index < -0.39 is 11.7 Å². The van der Waals surface area contributed by atoms with Crippen molar-refractivity contribution in [2.75, 3.05) is 5.73 Å². The smallest absolute Gasteiger partial charge is 0.396 e. The van der Waals surface area contributed by atoms with Gasteiger partial charge in [0.2, 0.25) is 0 Å². The third-order valence-corrected chi connectivity index (χ3v) is 2.90. The standard InChI is InChI=1S/C14H16F3N3/c1-13(2,3)20-12(11(18)8-19-20)9-5-4-6-10(7-9)14(15,16)17/h4-8H,18H2,1-3H3. The lowest BCUT2D eigenvalue weighted by molar-refractivity contribution is -0.137. The molecule has 1 heterocycles. The van der Waals surface area contributed by atoms with E-state index >= 15 is 0 Å². The van der Waals surface area contributed by atoms with Crippen LogP contribution in [0.2, 0.25) is 0 Å². The van der Waals surface area contributed by atoms with Gasteiger partial charge in [-0.3, -0.25) is 4.68 Å². The minimum absolute atomic E-state index is 0.360. The molecule has 0 unspecified atom stereocenters. The molecule has 0 bridgehead atoms. The van der Waals surface area contributed by atoms with E-state index in [2.05, 4.69) is 5.10 Å². The maximum atomic E-state index is 12.8. The summed E-state index contributed by atoms with van der Waals surface area (Å²) >= 11 is 0. The molecule has 6 heteroatoms. The lowest BCUT2D eigenvalue weighted by Crippen LogP contribution is -2.24. The quantitative estimate of drug-likeness (QED) is 0.862. The molecule has 0 spiro atoms. The molecule has 0 aliphatic rings. The van der Waals surface area contributed by atoms with Crippen molar-refractivity contribution in [1.29, 1.82) is 0 Å². The predicted octanol–water partition coefficient (Wildman–Crippen LogP) is 3.91. The minimum Gasteiger partial charge on any atom is -0.396 e. The summed E-state index contributed by atoms with van der Waals surface area (Å²) < 4.78 is 40.0. The molecule has 0 amide bonds. The molecule has 2 aromatic rings. The monoisotopic (exact) mass is 283 g/mol. The first-order valence-corrected chi connectivity index (χ1v) is 6.12. The van der Waals surface area contributed by atoms with Crippen LogP contribution in [-0.4, -0.2) is 9.78 Å². The summed E-state index contributed by atoms with van der Waals surface area (Å²) in [6.07, 6.45) is -2.92. The maximum absolute atomic E-state index is 12.8. The van der Waals surface area contributed by atoms with E-state index in [4.69, 9.17) is 5.73 Å². The van der Waals surface area contributed by atoms with Crippen molar-refractivity contribution in [3.63, 3.8) is 0 Å². The number of anilines is 1. The molecule has 0 radical (unpaired) electrons. The first-order chi connectivity index (χ1) is 9.10. The summed E-state index contributed by atoms with van der Waals surface area (Å²) in [5.41, 5.74) is 6.06. The van der Waals surface area contributed by atoms with Crippen molar-refractivity contribution in [3.8, 4) is 11.3 Å². The average Bonchev–Trinajstić information content (AvgIpc) is 2.70. The number of nitrogen functional groups attached to an aromatic ring is 1. The van der Waals surface area contributed by atoms with Crippen LogP contribution < -0.4 is 5.73 Å². The molecule has 20 heavy (non-hydrogen) atoms. The average molecular weight is 283 g/mol. The summed E-state index contributed by atoms with van der Waals surface area (Å²) in [5, 5.41) is 4.17. The van der Waals surface area contributed by atoms with Crippen LogP contribution in [0.25, 0.3) is 11.3 Å². The molecule has 108 valence electrons. The van der Waals surface area contributed by atoms with Crippen molar-refractivity contribution in [1.82, 2.24) is 9.78 Å². The highest BCUT2D eigenvalue weighted by molar-refractivity contribution is 5.73. The molecular weight excluding hydrogens is 267 g/mol. The van der Waals surface area contributed by atoms with Gasteiger partial charge in [-0.15, -0.1) is 0 Å². The van der Waals surface area contributed by atoms with E-state index in [0.717, 1.165) is 12.1 Å². The lowest BCUT2D eigenvalue weighted by atomic mass is 10.0. The Morgan fingerprint density at radius 3 is 2.35 bits per heavy atom. The normalized spacial score (nSPS) is 12.7. The Bertz CT molecular complexity index is 621. The van der Waals surface area contributed by atoms with Gasteiger partial charge in [0.25, 0.3) is 0 Å². The number of halogens is 3. The Labute approximate surface area is 115 Å². The van der Waals surface area contributed by atoms with Crippen molar-refractivity contribution in [3.05, 3.63) is 36.0 Å². The Morgan fingerprint density at radius 2 is 1.80 bits per heavy atom. The van der Waals surface area contributed by atoms with Crippen molar-refractivity contribution in [2.45, 2.75) is 32.5 Å². The number of hydrogen-bond donors (Lipinski definition) is 1. The van der Waals surface area contributed by atoms with Crippen LogP contribution in [0.1, 0.15) is 26.3 Å². The van der Waals surface area contributed by atoms with Gasteiger partial charge in [0.15, 0.2) is 0 Å². The fourth-order valence-corrected chi connectivity index (χ4v) is 2.00. The largest absolute Gasteiger partial charge is 0.416 e. The van der Waals surface area contributed by atoms with Gasteiger partial charge in [0.1, 0.15) is 0 Å². The number of alkyl halides is 3. The lowest BCUT2D eigenvalue weighted by Gasteiger charge is -2.23. The molecule has 0 saturated heterocycles. The van der Waals surface area contributed by atoms with Crippen LogP contribution in [0.5, 0.6) is 0 Å². The van der Waals surface area contributed by atoms with Crippen molar-refractivity contribution in [2.24, 2.45) is 0 Å². The zero-order valence-electron chi connectivity index (χ0n) is 11.5. The Hall–Kier alpha value is -1.98. The minimum atomic E-state index is -4.38. The molecule has 0 fully saturated rings. The van der Waals surface area contributed by atoms with E-state index in [0.29, 0.717) is 16.9 Å². The molecule has 1 aromatic carbocycles. The van der Waals surface area contributed by atoms with Gasteiger partial charge in [0.05, 0.1) is 28.7 Å². The summed E-state index contributed by atoms with van der Waals surface area (Å²) in [6.45, 7) is 5.74. The van der Waals surface area contributed by atoms with Gasteiger partial charge in [0, 0.05) is 5.56 Å². The van der Waals surface area contributed by atoms with E-state index in [1.165, 1.54) is 12.3 Å². The summed E-state index contributed by atoms with van der Waals surface area (Å²) in [6, 6.07) is 5.11. The first kappa shape index (κ1) is 14.4. The SMILES string of the molecule is CC(C)(C)n1ncc(N)c1-c1cccc(C(F)(F)F)c1. The van der Waals surface area contributed by atoms with Crippen molar-refractivity contribution < 1.29 is 13.2 Å². The molecule has 0 aliphatic heterocycles. The predicted molar refractivity (Wildman–Crippen MR) is 72.1 cm³/mol. The van der Waals surface area contributed by atoms with Crippen LogP contribution in [0.3, 0.4) is 0 Å². The molecule has 3 nitrogen and oxygen atoms in total. The topological polar surface area (TPSA) is 43.8 Å².